The van der Waals surface area contributed by atoms with Gasteiger partial charge in [0.2, 0.25) is 5.91 Å². The van der Waals surface area contributed by atoms with Crippen LogP contribution >= 0.6 is 0 Å². The van der Waals surface area contributed by atoms with Crippen molar-refractivity contribution in [1.29, 1.82) is 0 Å². The van der Waals surface area contributed by atoms with E-state index in [0.717, 1.165) is 6.08 Å². The number of carbonyl (C=O) groups excluding carboxylic acids is 1. The molecule has 6 nitrogen and oxygen atoms in total. The van der Waals surface area contributed by atoms with Crippen LogP contribution in [0.15, 0.2) is 60.8 Å². The topological polar surface area (TPSA) is 90.0 Å². The SMILES string of the molecule is O=C(/C=C(\[O-])Nc1ccccn1)Nc1ccccn1. The van der Waals surface area contributed by atoms with Crippen LogP contribution < -0.4 is 15.7 Å². The number of pyridine rings is 2. The standard InChI is InChI=1S/C13H12N4O2/c18-12(16-10-5-1-3-7-14-10)9-13(19)17-11-6-2-4-8-15-11/h1-9,18H,(H,14,16)(H,15,17,19)/p-1/b12-9-. The third-order valence-corrected chi connectivity index (χ3v) is 2.09. The van der Waals surface area contributed by atoms with Gasteiger partial charge in [-0.15, -0.1) is 0 Å². The lowest BCUT2D eigenvalue weighted by Crippen LogP contribution is -2.19. The van der Waals surface area contributed by atoms with Gasteiger partial charge in [0.25, 0.3) is 0 Å². The third kappa shape index (κ3) is 4.12. The van der Waals surface area contributed by atoms with E-state index in [9.17, 15) is 9.90 Å². The molecule has 2 N–H and O–H groups in total. The van der Waals surface area contributed by atoms with E-state index in [-0.39, 0.29) is 0 Å². The van der Waals surface area contributed by atoms with Crippen LogP contribution in [0.5, 0.6) is 0 Å². The first-order valence-electron chi connectivity index (χ1n) is 5.53. The number of nitrogens with zero attached hydrogens (tertiary/aromatic N) is 2. The number of nitrogens with one attached hydrogen (secondary N) is 2. The molecule has 96 valence electrons. The summed E-state index contributed by atoms with van der Waals surface area (Å²) in [6.07, 6.45) is 4.00. The first-order chi connectivity index (χ1) is 9.24. The first kappa shape index (κ1) is 12.6. The van der Waals surface area contributed by atoms with E-state index < -0.39 is 11.8 Å². The van der Waals surface area contributed by atoms with Gasteiger partial charge in [-0.05, 0) is 30.1 Å². The molecule has 0 unspecified atom stereocenters. The molecule has 0 bridgehead atoms. The average Bonchev–Trinajstić information content (AvgIpc) is 2.40. The minimum atomic E-state index is -0.549. The van der Waals surface area contributed by atoms with E-state index in [0.29, 0.717) is 11.6 Å². The number of amides is 1. The van der Waals surface area contributed by atoms with Gasteiger partial charge in [0.05, 0.1) is 0 Å². The summed E-state index contributed by atoms with van der Waals surface area (Å²) in [5, 5.41) is 16.5. The maximum absolute atomic E-state index is 11.5. The van der Waals surface area contributed by atoms with E-state index in [4.69, 9.17) is 0 Å². The molecular weight excluding hydrogens is 244 g/mol. The summed E-state index contributed by atoms with van der Waals surface area (Å²) in [7, 11) is 0. The predicted molar refractivity (Wildman–Crippen MR) is 68.8 cm³/mol. The van der Waals surface area contributed by atoms with Crippen LogP contribution in [-0.4, -0.2) is 15.9 Å². The molecule has 2 aromatic heterocycles. The van der Waals surface area contributed by atoms with Crippen molar-refractivity contribution < 1.29 is 9.90 Å². The molecule has 0 radical (unpaired) electrons. The number of anilines is 2. The Balaban J connectivity index is 1.95. The number of rotatable bonds is 4. The third-order valence-electron chi connectivity index (χ3n) is 2.09. The highest BCUT2D eigenvalue weighted by Gasteiger charge is 1.98. The molecule has 0 spiro atoms. The van der Waals surface area contributed by atoms with E-state index in [1.54, 1.807) is 48.8 Å². The largest absolute Gasteiger partial charge is 0.860 e. The number of carbonyl (C=O) groups is 1. The molecule has 0 aliphatic carbocycles. The molecule has 19 heavy (non-hydrogen) atoms. The summed E-state index contributed by atoms with van der Waals surface area (Å²) in [6.45, 7) is 0. The summed E-state index contributed by atoms with van der Waals surface area (Å²) in [4.78, 5) is 19.4. The monoisotopic (exact) mass is 255 g/mol. The highest BCUT2D eigenvalue weighted by Crippen LogP contribution is 2.03. The molecule has 1 amide bonds. The second-order valence-corrected chi connectivity index (χ2v) is 3.55. The van der Waals surface area contributed by atoms with Gasteiger partial charge in [0, 0.05) is 18.5 Å². The van der Waals surface area contributed by atoms with Gasteiger partial charge in [-0.25, -0.2) is 9.97 Å². The fraction of sp³-hybridized carbons (Fsp3) is 0. The Labute approximate surface area is 109 Å². The van der Waals surface area contributed by atoms with E-state index in [1.807, 2.05) is 0 Å². The van der Waals surface area contributed by atoms with Crippen molar-refractivity contribution >= 4 is 17.5 Å². The van der Waals surface area contributed by atoms with Gasteiger partial charge in [-0.1, -0.05) is 12.1 Å². The highest BCUT2D eigenvalue weighted by atomic mass is 16.3. The van der Waals surface area contributed by atoms with Crippen molar-refractivity contribution in [2.45, 2.75) is 0 Å². The Hall–Kier alpha value is -2.89. The van der Waals surface area contributed by atoms with Crippen LogP contribution in [-0.2, 0) is 4.79 Å². The van der Waals surface area contributed by atoms with Gasteiger partial charge in [-0.3, -0.25) is 4.79 Å². The molecule has 0 fully saturated rings. The summed E-state index contributed by atoms with van der Waals surface area (Å²) >= 11 is 0. The summed E-state index contributed by atoms with van der Waals surface area (Å²) in [5.41, 5.74) is 0. The molecule has 0 aliphatic rings. The molecule has 0 aromatic carbocycles. The van der Waals surface area contributed by atoms with Crippen LogP contribution in [0, 0.1) is 0 Å². The van der Waals surface area contributed by atoms with Crippen molar-refractivity contribution in [3.8, 4) is 0 Å². The van der Waals surface area contributed by atoms with Crippen LogP contribution in [0.4, 0.5) is 11.6 Å². The van der Waals surface area contributed by atoms with Crippen molar-refractivity contribution in [2.24, 2.45) is 0 Å². The summed E-state index contributed by atoms with van der Waals surface area (Å²) < 4.78 is 0. The Morgan fingerprint density at radius 3 is 2.11 bits per heavy atom. The van der Waals surface area contributed by atoms with Gasteiger partial charge >= 0.3 is 0 Å². The minimum Gasteiger partial charge on any atom is -0.860 e. The molecule has 6 heteroatoms. The van der Waals surface area contributed by atoms with Gasteiger partial charge in [-0.2, -0.15) is 0 Å². The fourth-order valence-electron chi connectivity index (χ4n) is 1.32. The van der Waals surface area contributed by atoms with Crippen LogP contribution in [0.1, 0.15) is 0 Å². The lowest BCUT2D eigenvalue weighted by molar-refractivity contribution is -0.299. The molecule has 0 aliphatic heterocycles. The maximum Gasteiger partial charge on any atom is 0.250 e. The quantitative estimate of drug-likeness (QED) is 0.621. The molecule has 2 aromatic rings. The second-order valence-electron chi connectivity index (χ2n) is 3.55. The summed E-state index contributed by atoms with van der Waals surface area (Å²) in [5.74, 6) is -0.331. The lowest BCUT2D eigenvalue weighted by atomic mass is 10.4. The molecule has 0 saturated heterocycles. The van der Waals surface area contributed by atoms with Gasteiger partial charge in [0.15, 0.2) is 0 Å². The van der Waals surface area contributed by atoms with Crippen LogP contribution in [0.25, 0.3) is 0 Å². The van der Waals surface area contributed by atoms with E-state index in [1.165, 1.54) is 0 Å². The summed E-state index contributed by atoms with van der Waals surface area (Å²) in [6, 6.07) is 10.2. The fourth-order valence-corrected chi connectivity index (χ4v) is 1.32. The zero-order valence-electron chi connectivity index (χ0n) is 9.91. The Bertz CT molecular complexity index is 570. The molecule has 2 rings (SSSR count). The maximum atomic E-state index is 11.5. The smallest absolute Gasteiger partial charge is 0.250 e. The minimum absolute atomic E-state index is 0.384. The zero-order valence-corrected chi connectivity index (χ0v) is 9.91. The Morgan fingerprint density at radius 1 is 1.00 bits per heavy atom. The zero-order chi connectivity index (χ0) is 13.5. The van der Waals surface area contributed by atoms with Crippen LogP contribution in [0.3, 0.4) is 0 Å². The molecule has 0 saturated carbocycles. The van der Waals surface area contributed by atoms with Gasteiger partial charge < -0.3 is 15.7 Å². The molecule has 0 atom stereocenters. The van der Waals surface area contributed by atoms with Crippen molar-refractivity contribution in [3.05, 3.63) is 60.8 Å². The van der Waals surface area contributed by atoms with Crippen LogP contribution in [0.2, 0.25) is 0 Å². The number of aromatic nitrogens is 2. The van der Waals surface area contributed by atoms with E-state index in [2.05, 4.69) is 20.6 Å². The van der Waals surface area contributed by atoms with Crippen molar-refractivity contribution in [3.63, 3.8) is 0 Å². The van der Waals surface area contributed by atoms with Crippen molar-refractivity contribution in [1.82, 2.24) is 9.97 Å². The average molecular weight is 255 g/mol. The Morgan fingerprint density at radius 2 is 1.58 bits per heavy atom. The predicted octanol–water partition coefficient (Wildman–Crippen LogP) is 0.729. The number of hydrogen-bond donors (Lipinski definition) is 2. The van der Waals surface area contributed by atoms with E-state index >= 15 is 0 Å². The molecule has 2 heterocycles. The normalized spacial score (nSPS) is 10.8. The Kier molecular flexibility index (Phi) is 4.07. The highest BCUT2D eigenvalue weighted by molar-refractivity contribution is 5.99. The second kappa shape index (κ2) is 6.15. The number of hydrogen-bond acceptors (Lipinski definition) is 5. The van der Waals surface area contributed by atoms with Gasteiger partial charge in [0.1, 0.15) is 11.6 Å². The first-order valence-corrected chi connectivity index (χ1v) is 5.53. The molecular formula is C13H11N4O2-. The lowest BCUT2D eigenvalue weighted by Gasteiger charge is -2.13. The van der Waals surface area contributed by atoms with Crippen molar-refractivity contribution in [2.75, 3.05) is 10.6 Å².